The van der Waals surface area contributed by atoms with Crippen molar-refractivity contribution in [3.8, 4) is 0 Å². The Hall–Kier alpha value is -2.37. The highest BCUT2D eigenvalue weighted by atomic mass is 16.5. The summed E-state index contributed by atoms with van der Waals surface area (Å²) in [6, 6.07) is 5.27. The van der Waals surface area contributed by atoms with Crippen LogP contribution in [-0.4, -0.2) is 27.8 Å². The zero-order valence-electron chi connectivity index (χ0n) is 11.5. The monoisotopic (exact) mass is 285 g/mol. The van der Waals surface area contributed by atoms with Gasteiger partial charge in [-0.3, -0.25) is 0 Å². The number of carbonyl (C=O) groups is 1. The number of aromatic nitrogens is 2. The van der Waals surface area contributed by atoms with Crippen molar-refractivity contribution in [1.82, 2.24) is 10.1 Å². The molecule has 6 heteroatoms. The van der Waals surface area contributed by atoms with Crippen LogP contribution < -0.4 is 4.90 Å². The van der Waals surface area contributed by atoms with E-state index in [-0.39, 0.29) is 0 Å². The van der Waals surface area contributed by atoms with Gasteiger partial charge in [0.15, 0.2) is 5.82 Å². The van der Waals surface area contributed by atoms with Gasteiger partial charge in [0.25, 0.3) is 0 Å². The molecule has 1 N–H and O–H groups in total. The molecular formula is C15H15N3O3. The second-order valence-electron chi connectivity index (χ2n) is 5.64. The molecule has 1 aliphatic carbocycles. The zero-order chi connectivity index (χ0) is 14.4. The Morgan fingerprint density at radius 1 is 1.43 bits per heavy atom. The van der Waals surface area contributed by atoms with Crippen LogP contribution >= 0.6 is 0 Å². The largest absolute Gasteiger partial charge is 0.478 e. The Morgan fingerprint density at radius 2 is 2.29 bits per heavy atom. The summed E-state index contributed by atoms with van der Waals surface area (Å²) in [4.78, 5) is 17.6. The molecule has 21 heavy (non-hydrogen) atoms. The van der Waals surface area contributed by atoms with Crippen molar-refractivity contribution < 1.29 is 14.4 Å². The van der Waals surface area contributed by atoms with Gasteiger partial charge in [0.2, 0.25) is 5.89 Å². The second-order valence-corrected chi connectivity index (χ2v) is 5.64. The molecule has 1 fully saturated rings. The average Bonchev–Trinajstić information content (AvgIpc) is 3.10. The smallest absolute Gasteiger partial charge is 0.335 e. The molecule has 0 unspecified atom stereocenters. The van der Waals surface area contributed by atoms with Crippen molar-refractivity contribution in [1.29, 1.82) is 0 Å². The third-order valence-electron chi connectivity index (χ3n) is 4.06. The fourth-order valence-electron chi connectivity index (χ4n) is 2.77. The number of carboxylic acid groups (broad SMARTS) is 1. The Kier molecular flexibility index (Phi) is 2.70. The van der Waals surface area contributed by atoms with E-state index >= 15 is 0 Å². The molecule has 0 amide bonds. The quantitative estimate of drug-likeness (QED) is 0.927. The number of hydrogen-bond donors (Lipinski definition) is 1. The first kappa shape index (κ1) is 12.4. The molecule has 4 rings (SSSR count). The first-order chi connectivity index (χ1) is 10.2. The molecular weight excluding hydrogens is 270 g/mol. The van der Waals surface area contributed by atoms with Gasteiger partial charge >= 0.3 is 5.97 Å². The SMILES string of the molecule is O=C(O)c1ccc2c(c1)CCN2Cc1noc(C2CC2)n1. The summed E-state index contributed by atoms with van der Waals surface area (Å²) >= 11 is 0. The average molecular weight is 285 g/mol. The van der Waals surface area contributed by atoms with Crippen LogP contribution in [0, 0.1) is 0 Å². The summed E-state index contributed by atoms with van der Waals surface area (Å²) in [6.45, 7) is 1.46. The Labute approximate surface area is 121 Å². The predicted octanol–water partition coefficient (Wildman–Crippen LogP) is 2.21. The Bertz CT molecular complexity index is 706. The van der Waals surface area contributed by atoms with Crippen LogP contribution in [0.4, 0.5) is 5.69 Å². The summed E-state index contributed by atoms with van der Waals surface area (Å²) < 4.78 is 5.27. The molecule has 6 nitrogen and oxygen atoms in total. The summed E-state index contributed by atoms with van der Waals surface area (Å²) in [7, 11) is 0. The van der Waals surface area contributed by atoms with Crippen molar-refractivity contribution in [2.75, 3.05) is 11.4 Å². The predicted molar refractivity (Wildman–Crippen MR) is 74.4 cm³/mol. The van der Waals surface area contributed by atoms with Crippen LogP contribution in [0.2, 0.25) is 0 Å². The Balaban J connectivity index is 1.54. The van der Waals surface area contributed by atoms with Gasteiger partial charge in [0.05, 0.1) is 12.1 Å². The van der Waals surface area contributed by atoms with E-state index in [1.165, 1.54) is 0 Å². The van der Waals surface area contributed by atoms with E-state index in [2.05, 4.69) is 15.0 Å². The van der Waals surface area contributed by atoms with Crippen molar-refractivity contribution in [2.24, 2.45) is 0 Å². The number of hydrogen-bond acceptors (Lipinski definition) is 5. The number of carboxylic acids is 1. The van der Waals surface area contributed by atoms with E-state index in [1.807, 2.05) is 6.07 Å². The van der Waals surface area contributed by atoms with Crippen molar-refractivity contribution in [3.63, 3.8) is 0 Å². The molecule has 2 heterocycles. The van der Waals surface area contributed by atoms with Crippen LogP contribution in [0.25, 0.3) is 0 Å². The minimum Gasteiger partial charge on any atom is -0.478 e. The van der Waals surface area contributed by atoms with Crippen LogP contribution in [0.1, 0.15) is 46.4 Å². The lowest BCUT2D eigenvalue weighted by Gasteiger charge is -2.17. The first-order valence-corrected chi connectivity index (χ1v) is 7.14. The van der Waals surface area contributed by atoms with Gasteiger partial charge in [-0.25, -0.2) is 4.79 Å². The van der Waals surface area contributed by atoms with Gasteiger partial charge in [0, 0.05) is 18.2 Å². The maximum atomic E-state index is 11.0. The number of anilines is 1. The van der Waals surface area contributed by atoms with Gasteiger partial charge in [0.1, 0.15) is 0 Å². The normalized spacial score (nSPS) is 17.0. The topological polar surface area (TPSA) is 79.5 Å². The molecule has 1 aromatic carbocycles. The van der Waals surface area contributed by atoms with Gasteiger partial charge in [-0.2, -0.15) is 4.98 Å². The fourth-order valence-corrected chi connectivity index (χ4v) is 2.77. The van der Waals surface area contributed by atoms with Gasteiger partial charge in [-0.15, -0.1) is 0 Å². The Morgan fingerprint density at radius 3 is 3.05 bits per heavy atom. The minimum atomic E-state index is -0.886. The van der Waals surface area contributed by atoms with E-state index in [0.717, 1.165) is 42.9 Å². The molecule has 0 bridgehead atoms. The second kappa shape index (κ2) is 4.58. The molecule has 1 aromatic heterocycles. The lowest BCUT2D eigenvalue weighted by molar-refractivity contribution is 0.0697. The zero-order valence-corrected chi connectivity index (χ0v) is 11.5. The highest BCUT2D eigenvalue weighted by Crippen LogP contribution is 2.39. The molecule has 0 saturated heterocycles. The van der Waals surface area contributed by atoms with Crippen LogP contribution in [0.5, 0.6) is 0 Å². The summed E-state index contributed by atoms with van der Waals surface area (Å²) in [5.74, 6) is 1.04. The number of aromatic carboxylic acids is 1. The molecule has 2 aliphatic rings. The van der Waals surface area contributed by atoms with E-state index in [1.54, 1.807) is 12.1 Å². The number of fused-ring (bicyclic) bond motifs is 1. The lowest BCUT2D eigenvalue weighted by atomic mass is 10.1. The number of rotatable bonds is 4. The standard InChI is InChI=1S/C15H15N3O3/c19-15(20)11-3-4-12-10(7-11)5-6-18(12)8-13-16-14(21-17-13)9-1-2-9/h3-4,7,9H,1-2,5-6,8H2,(H,19,20). The summed E-state index contributed by atoms with van der Waals surface area (Å²) in [6.07, 6.45) is 3.14. The van der Waals surface area contributed by atoms with Gasteiger partial charge in [-0.1, -0.05) is 5.16 Å². The highest BCUT2D eigenvalue weighted by molar-refractivity contribution is 5.88. The lowest BCUT2D eigenvalue weighted by Crippen LogP contribution is -2.20. The van der Waals surface area contributed by atoms with Gasteiger partial charge in [-0.05, 0) is 43.0 Å². The summed E-state index contributed by atoms with van der Waals surface area (Å²) in [5, 5.41) is 13.1. The molecule has 0 atom stereocenters. The molecule has 2 aromatic rings. The van der Waals surface area contributed by atoms with Crippen LogP contribution in [-0.2, 0) is 13.0 Å². The van der Waals surface area contributed by atoms with E-state index in [9.17, 15) is 4.79 Å². The van der Waals surface area contributed by atoms with Gasteiger partial charge < -0.3 is 14.5 Å². The molecule has 108 valence electrons. The minimum absolute atomic E-state index is 0.339. The maximum absolute atomic E-state index is 11.0. The highest BCUT2D eigenvalue weighted by Gasteiger charge is 2.30. The van der Waals surface area contributed by atoms with Crippen molar-refractivity contribution >= 4 is 11.7 Å². The third-order valence-corrected chi connectivity index (χ3v) is 4.06. The number of benzene rings is 1. The van der Waals surface area contributed by atoms with Crippen molar-refractivity contribution in [2.45, 2.75) is 31.7 Å². The molecule has 0 radical (unpaired) electrons. The fraction of sp³-hybridized carbons (Fsp3) is 0.400. The molecule has 0 spiro atoms. The van der Waals surface area contributed by atoms with E-state index in [0.29, 0.717) is 23.9 Å². The first-order valence-electron chi connectivity index (χ1n) is 7.14. The third kappa shape index (κ3) is 2.26. The summed E-state index contributed by atoms with van der Waals surface area (Å²) in [5.41, 5.74) is 2.48. The van der Waals surface area contributed by atoms with E-state index in [4.69, 9.17) is 9.63 Å². The van der Waals surface area contributed by atoms with Crippen LogP contribution in [0.3, 0.4) is 0 Å². The van der Waals surface area contributed by atoms with E-state index < -0.39 is 5.97 Å². The molecule has 1 saturated carbocycles. The van der Waals surface area contributed by atoms with Crippen LogP contribution in [0.15, 0.2) is 22.7 Å². The number of nitrogens with zero attached hydrogens (tertiary/aromatic N) is 3. The molecule has 1 aliphatic heterocycles. The maximum Gasteiger partial charge on any atom is 0.335 e. The van der Waals surface area contributed by atoms with Crippen molar-refractivity contribution in [3.05, 3.63) is 41.0 Å².